The van der Waals surface area contributed by atoms with Crippen LogP contribution < -0.4 is 4.31 Å². The van der Waals surface area contributed by atoms with Crippen LogP contribution in [0.5, 0.6) is 0 Å². The minimum Gasteiger partial charge on any atom is -0.306 e. The Morgan fingerprint density at radius 2 is 1.79 bits per heavy atom. The summed E-state index contributed by atoms with van der Waals surface area (Å²) in [6.45, 7) is 3.61. The van der Waals surface area contributed by atoms with E-state index in [9.17, 15) is 8.42 Å². The molecular formula is C18H23N3O2S. The summed E-state index contributed by atoms with van der Waals surface area (Å²) in [6, 6.07) is 11.1. The molecule has 0 saturated carbocycles. The lowest BCUT2D eigenvalue weighted by Gasteiger charge is -2.38. The van der Waals surface area contributed by atoms with Crippen LogP contribution in [0.1, 0.15) is 18.4 Å². The lowest BCUT2D eigenvalue weighted by molar-refractivity contribution is 0.257. The smallest absolute Gasteiger partial charge is 0.266 e. The summed E-state index contributed by atoms with van der Waals surface area (Å²) in [6.07, 6.45) is 4.72. The maximum absolute atomic E-state index is 13.4. The van der Waals surface area contributed by atoms with E-state index < -0.39 is 10.0 Å². The van der Waals surface area contributed by atoms with Crippen molar-refractivity contribution in [2.45, 2.75) is 30.7 Å². The summed E-state index contributed by atoms with van der Waals surface area (Å²) >= 11 is 0. The van der Waals surface area contributed by atoms with Gasteiger partial charge in [-0.1, -0.05) is 18.2 Å². The average molecular weight is 345 g/mol. The summed E-state index contributed by atoms with van der Waals surface area (Å²) in [5.74, 6) is 0. The first-order chi connectivity index (χ1) is 11.5. The molecule has 1 fully saturated rings. The quantitative estimate of drug-likeness (QED) is 0.855. The number of para-hydroxylation sites is 1. The molecule has 0 unspecified atom stereocenters. The maximum atomic E-state index is 13.4. The molecule has 0 bridgehead atoms. The Morgan fingerprint density at radius 3 is 2.42 bits per heavy atom. The van der Waals surface area contributed by atoms with Gasteiger partial charge in [0.15, 0.2) is 0 Å². The molecule has 1 aromatic heterocycles. The fourth-order valence-electron chi connectivity index (χ4n) is 3.18. The molecule has 0 amide bonds. The highest BCUT2D eigenvalue weighted by molar-refractivity contribution is 7.93. The van der Waals surface area contributed by atoms with Crippen LogP contribution in [0.3, 0.4) is 0 Å². The number of benzene rings is 1. The number of anilines is 1. The van der Waals surface area contributed by atoms with Crippen molar-refractivity contribution in [2.24, 2.45) is 0 Å². The summed E-state index contributed by atoms with van der Waals surface area (Å²) in [4.78, 5) is 6.55. The highest BCUT2D eigenvalue weighted by atomic mass is 32.2. The number of piperidine rings is 1. The van der Waals surface area contributed by atoms with Crippen molar-refractivity contribution in [3.8, 4) is 0 Å². The number of aryl methyl sites for hydroxylation is 1. The van der Waals surface area contributed by atoms with Gasteiger partial charge in [-0.3, -0.25) is 9.29 Å². The van der Waals surface area contributed by atoms with E-state index in [-0.39, 0.29) is 10.9 Å². The van der Waals surface area contributed by atoms with E-state index in [2.05, 4.69) is 16.9 Å². The fraction of sp³-hybridized carbons (Fsp3) is 0.389. The molecule has 0 N–H and O–H groups in total. The second kappa shape index (κ2) is 6.91. The molecule has 6 heteroatoms. The standard InChI is InChI=1S/C18H23N3O2S/c1-15-8-11-19-14-18(15)24(22,23)21(16-6-4-3-5-7-16)17-9-12-20(2)13-10-17/h3-8,11,14,17H,9-10,12-13H2,1-2H3. The van der Waals surface area contributed by atoms with Crippen LogP contribution in [0.2, 0.25) is 0 Å². The van der Waals surface area contributed by atoms with Crippen LogP contribution in [0.25, 0.3) is 0 Å². The monoisotopic (exact) mass is 345 g/mol. The third-order valence-corrected chi connectivity index (χ3v) is 6.57. The number of rotatable bonds is 4. The summed E-state index contributed by atoms with van der Waals surface area (Å²) in [5, 5.41) is 0. The Morgan fingerprint density at radius 1 is 1.12 bits per heavy atom. The molecule has 3 rings (SSSR count). The predicted octanol–water partition coefficient (Wildman–Crippen LogP) is 2.68. The minimum atomic E-state index is -3.65. The molecule has 0 aliphatic carbocycles. The number of likely N-dealkylation sites (tertiary alicyclic amines) is 1. The van der Waals surface area contributed by atoms with Gasteiger partial charge in [0.1, 0.15) is 4.90 Å². The van der Waals surface area contributed by atoms with Crippen molar-refractivity contribution in [1.82, 2.24) is 9.88 Å². The summed E-state index contributed by atoms with van der Waals surface area (Å²) < 4.78 is 28.4. The van der Waals surface area contributed by atoms with Gasteiger partial charge in [0.25, 0.3) is 10.0 Å². The van der Waals surface area contributed by atoms with Crippen LogP contribution >= 0.6 is 0 Å². The molecule has 1 aliphatic rings. The Balaban J connectivity index is 2.06. The first-order valence-corrected chi connectivity index (χ1v) is 9.63. The maximum Gasteiger partial charge on any atom is 0.266 e. The van der Waals surface area contributed by atoms with E-state index in [1.165, 1.54) is 6.20 Å². The van der Waals surface area contributed by atoms with Crippen molar-refractivity contribution in [1.29, 1.82) is 0 Å². The highest BCUT2D eigenvalue weighted by Crippen LogP contribution is 2.30. The van der Waals surface area contributed by atoms with Crippen LogP contribution in [-0.2, 0) is 10.0 Å². The lowest BCUT2D eigenvalue weighted by atomic mass is 10.1. The van der Waals surface area contributed by atoms with E-state index in [4.69, 9.17) is 0 Å². The molecule has 1 saturated heterocycles. The molecule has 1 aliphatic heterocycles. The second-order valence-electron chi connectivity index (χ2n) is 6.31. The summed E-state index contributed by atoms with van der Waals surface area (Å²) in [5.41, 5.74) is 1.44. The molecule has 0 spiro atoms. The van der Waals surface area contributed by atoms with Crippen LogP contribution in [0.15, 0.2) is 53.7 Å². The van der Waals surface area contributed by atoms with Gasteiger partial charge in [-0.25, -0.2) is 8.42 Å². The van der Waals surface area contributed by atoms with Crippen LogP contribution in [0.4, 0.5) is 5.69 Å². The Labute approximate surface area is 144 Å². The highest BCUT2D eigenvalue weighted by Gasteiger charge is 2.34. The number of aromatic nitrogens is 1. The zero-order valence-electron chi connectivity index (χ0n) is 14.1. The van der Waals surface area contributed by atoms with Gasteiger partial charge in [0.2, 0.25) is 0 Å². The molecule has 0 atom stereocenters. The number of pyridine rings is 1. The molecule has 0 radical (unpaired) electrons. The fourth-order valence-corrected chi connectivity index (χ4v) is 5.06. The molecule has 2 aromatic rings. The summed E-state index contributed by atoms with van der Waals surface area (Å²) in [7, 11) is -1.58. The molecule has 24 heavy (non-hydrogen) atoms. The van der Waals surface area contributed by atoms with E-state index in [0.29, 0.717) is 0 Å². The van der Waals surface area contributed by atoms with E-state index >= 15 is 0 Å². The first-order valence-electron chi connectivity index (χ1n) is 8.19. The van der Waals surface area contributed by atoms with E-state index in [1.807, 2.05) is 37.3 Å². The third-order valence-electron chi connectivity index (χ3n) is 4.56. The van der Waals surface area contributed by atoms with Gasteiger partial charge in [0, 0.05) is 18.4 Å². The minimum absolute atomic E-state index is 0.0341. The molecule has 2 heterocycles. The second-order valence-corrected chi connectivity index (χ2v) is 8.10. The Hall–Kier alpha value is -1.92. The topological polar surface area (TPSA) is 53.5 Å². The SMILES string of the molecule is Cc1ccncc1S(=O)(=O)N(c1ccccc1)C1CCN(C)CC1. The largest absolute Gasteiger partial charge is 0.306 e. The first kappa shape index (κ1) is 16.9. The van der Waals surface area contributed by atoms with E-state index in [1.54, 1.807) is 16.6 Å². The van der Waals surface area contributed by atoms with Crippen molar-refractivity contribution in [3.63, 3.8) is 0 Å². The number of nitrogens with zero attached hydrogens (tertiary/aromatic N) is 3. The van der Waals surface area contributed by atoms with Gasteiger partial charge in [-0.2, -0.15) is 0 Å². The number of hydrogen-bond acceptors (Lipinski definition) is 4. The normalized spacial score (nSPS) is 16.9. The van der Waals surface area contributed by atoms with Gasteiger partial charge in [-0.15, -0.1) is 0 Å². The van der Waals surface area contributed by atoms with Gasteiger partial charge in [-0.05, 0) is 63.7 Å². The van der Waals surface area contributed by atoms with Crippen molar-refractivity contribution < 1.29 is 8.42 Å². The van der Waals surface area contributed by atoms with Crippen LogP contribution in [-0.4, -0.2) is 44.5 Å². The third kappa shape index (κ3) is 3.30. The number of sulfonamides is 1. The zero-order chi connectivity index (χ0) is 17.2. The average Bonchev–Trinajstić information content (AvgIpc) is 2.58. The zero-order valence-corrected chi connectivity index (χ0v) is 14.9. The number of hydrogen-bond donors (Lipinski definition) is 0. The molecule has 128 valence electrons. The van der Waals surface area contributed by atoms with Gasteiger partial charge >= 0.3 is 0 Å². The van der Waals surface area contributed by atoms with Crippen molar-refractivity contribution in [3.05, 3.63) is 54.4 Å². The molecule has 5 nitrogen and oxygen atoms in total. The van der Waals surface area contributed by atoms with E-state index in [0.717, 1.165) is 37.2 Å². The lowest BCUT2D eigenvalue weighted by Crippen LogP contribution is -2.46. The van der Waals surface area contributed by atoms with Crippen molar-refractivity contribution in [2.75, 3.05) is 24.4 Å². The van der Waals surface area contributed by atoms with Gasteiger partial charge < -0.3 is 4.90 Å². The van der Waals surface area contributed by atoms with Crippen molar-refractivity contribution >= 4 is 15.7 Å². The molecule has 1 aromatic carbocycles. The Kier molecular flexibility index (Phi) is 4.87. The predicted molar refractivity (Wildman–Crippen MR) is 95.6 cm³/mol. The Bertz CT molecular complexity index is 785. The molecular weight excluding hydrogens is 322 g/mol. The van der Waals surface area contributed by atoms with Crippen LogP contribution in [0, 0.1) is 6.92 Å². The van der Waals surface area contributed by atoms with Gasteiger partial charge in [0.05, 0.1) is 5.69 Å².